The van der Waals surface area contributed by atoms with Crippen LogP contribution in [0.2, 0.25) is 0 Å². The number of aromatic nitrogens is 3. The van der Waals surface area contributed by atoms with Crippen LogP contribution < -0.4 is 16.0 Å². The lowest BCUT2D eigenvalue weighted by Crippen LogP contribution is -2.36. The molecule has 1 aliphatic heterocycles. The minimum Gasteiger partial charge on any atom is -0.399 e. The second kappa shape index (κ2) is 7.92. The molecule has 1 saturated heterocycles. The average Bonchev–Trinajstić information content (AvgIpc) is 3.11. The second-order valence-corrected chi connectivity index (χ2v) is 7.93. The van der Waals surface area contributed by atoms with Crippen LogP contribution in [-0.2, 0) is 4.74 Å². The topological polar surface area (TPSA) is 92.1 Å². The molecule has 4 aromatic rings. The molecule has 0 atom stereocenters. The van der Waals surface area contributed by atoms with Crippen molar-refractivity contribution in [1.29, 1.82) is 0 Å². The Balaban J connectivity index is 1.44. The van der Waals surface area contributed by atoms with Gasteiger partial charge in [0.15, 0.2) is 0 Å². The van der Waals surface area contributed by atoms with E-state index in [0.717, 1.165) is 71.1 Å². The Morgan fingerprint density at radius 3 is 2.61 bits per heavy atom. The van der Waals surface area contributed by atoms with E-state index in [-0.39, 0.29) is 0 Å². The number of benzene rings is 2. The highest BCUT2D eigenvalue weighted by Gasteiger charge is 2.16. The van der Waals surface area contributed by atoms with Gasteiger partial charge in [0.1, 0.15) is 0 Å². The number of nitrogens with two attached hydrogens (primary N) is 1. The molecular weight excluding hydrogens is 388 g/mol. The number of rotatable bonds is 4. The normalized spacial score (nSPS) is 14.2. The number of H-pyrrole nitrogens is 1. The fourth-order valence-electron chi connectivity index (χ4n) is 4.12. The van der Waals surface area contributed by atoms with Crippen molar-refractivity contribution in [2.75, 3.05) is 42.3 Å². The second-order valence-electron chi connectivity index (χ2n) is 7.93. The number of morpholine rings is 1. The number of nitrogen functional groups attached to an aromatic ring is 1. The monoisotopic (exact) mass is 414 g/mol. The van der Waals surface area contributed by atoms with Crippen LogP contribution in [0.5, 0.6) is 0 Å². The van der Waals surface area contributed by atoms with Crippen molar-refractivity contribution < 1.29 is 4.74 Å². The first-order valence-corrected chi connectivity index (χ1v) is 10.5. The van der Waals surface area contributed by atoms with Gasteiger partial charge in [-0.2, -0.15) is 0 Å². The minimum atomic E-state index is 0.573. The molecule has 2 aromatic heterocycles. The maximum Gasteiger partial charge on any atom is 0.227 e. The molecule has 31 heavy (non-hydrogen) atoms. The molecule has 1 fully saturated rings. The third-order valence-electron chi connectivity index (χ3n) is 5.72. The highest BCUT2D eigenvalue weighted by Crippen LogP contribution is 2.34. The zero-order valence-electron chi connectivity index (χ0n) is 17.8. The molecule has 0 bridgehead atoms. The summed E-state index contributed by atoms with van der Waals surface area (Å²) < 4.78 is 5.44. The molecule has 4 N–H and O–H groups in total. The van der Waals surface area contributed by atoms with Crippen molar-refractivity contribution in [3.05, 3.63) is 59.9 Å². The Morgan fingerprint density at radius 2 is 1.84 bits per heavy atom. The van der Waals surface area contributed by atoms with Gasteiger partial charge >= 0.3 is 0 Å². The van der Waals surface area contributed by atoms with Crippen LogP contribution in [0.15, 0.2) is 48.7 Å². The number of anilines is 4. The summed E-state index contributed by atoms with van der Waals surface area (Å²) in [6.45, 7) is 7.50. The number of hydrogen-bond acceptors (Lipinski definition) is 6. The van der Waals surface area contributed by atoms with Crippen molar-refractivity contribution in [2.45, 2.75) is 13.8 Å². The summed E-state index contributed by atoms with van der Waals surface area (Å²) in [7, 11) is 0. The third kappa shape index (κ3) is 3.80. The molecule has 7 nitrogen and oxygen atoms in total. The number of nitrogens with zero attached hydrogens (tertiary/aromatic N) is 3. The van der Waals surface area contributed by atoms with E-state index < -0.39 is 0 Å². The Hall–Kier alpha value is -3.58. The van der Waals surface area contributed by atoms with Gasteiger partial charge in [-0.25, -0.2) is 9.97 Å². The fourth-order valence-corrected chi connectivity index (χ4v) is 4.12. The summed E-state index contributed by atoms with van der Waals surface area (Å²) >= 11 is 0. The first-order valence-electron chi connectivity index (χ1n) is 10.5. The lowest BCUT2D eigenvalue weighted by atomic mass is 10.0. The third-order valence-corrected chi connectivity index (χ3v) is 5.72. The molecule has 0 saturated carbocycles. The van der Waals surface area contributed by atoms with Crippen LogP contribution in [0.1, 0.15) is 11.3 Å². The summed E-state index contributed by atoms with van der Waals surface area (Å²) in [6.07, 6.45) is 1.86. The van der Waals surface area contributed by atoms with Gasteiger partial charge in [-0.3, -0.25) is 0 Å². The number of ether oxygens (including phenoxy) is 1. The lowest BCUT2D eigenvalue weighted by molar-refractivity contribution is 0.122. The van der Waals surface area contributed by atoms with Gasteiger partial charge in [-0.05, 0) is 55.8 Å². The van der Waals surface area contributed by atoms with Crippen LogP contribution in [0.4, 0.5) is 23.0 Å². The van der Waals surface area contributed by atoms with Gasteiger partial charge in [0.25, 0.3) is 0 Å². The van der Waals surface area contributed by atoms with Gasteiger partial charge in [0.2, 0.25) is 5.95 Å². The predicted octanol–water partition coefficient (Wildman–Crippen LogP) is 4.40. The maximum atomic E-state index is 5.96. The molecule has 5 rings (SSSR count). The molecule has 0 unspecified atom stereocenters. The van der Waals surface area contributed by atoms with Crippen molar-refractivity contribution in [1.82, 2.24) is 15.0 Å². The summed E-state index contributed by atoms with van der Waals surface area (Å²) in [5, 5.41) is 4.45. The van der Waals surface area contributed by atoms with E-state index in [1.165, 1.54) is 5.69 Å². The SMILES string of the molecule is Cc1cnc(Nc2ccc(N3CCOCC3)cc2)nc1-c1c(C)[nH]c2cc(N)ccc12. The van der Waals surface area contributed by atoms with Crippen LogP contribution in [0, 0.1) is 13.8 Å². The van der Waals surface area contributed by atoms with Gasteiger partial charge in [-0.15, -0.1) is 0 Å². The molecule has 3 heterocycles. The van der Waals surface area contributed by atoms with E-state index in [2.05, 4.69) is 51.4 Å². The zero-order valence-corrected chi connectivity index (χ0v) is 17.8. The summed E-state index contributed by atoms with van der Waals surface area (Å²) in [6, 6.07) is 14.3. The smallest absolute Gasteiger partial charge is 0.227 e. The highest BCUT2D eigenvalue weighted by molar-refractivity contribution is 5.98. The standard InChI is InChI=1S/C24H26N6O/c1-15-14-26-24(28-18-4-6-19(7-5-18)30-9-11-31-12-10-30)29-23(15)22-16(2)27-21-13-17(25)3-8-20(21)22/h3-8,13-14,27H,9-12,25H2,1-2H3,(H,26,28,29). The van der Waals surface area contributed by atoms with Gasteiger partial charge in [0.05, 0.1) is 18.9 Å². The Labute approximate surface area is 181 Å². The van der Waals surface area contributed by atoms with Crippen LogP contribution in [0.25, 0.3) is 22.2 Å². The number of aryl methyl sites for hydroxylation is 2. The van der Waals surface area contributed by atoms with Crippen molar-refractivity contribution in [3.8, 4) is 11.3 Å². The predicted molar refractivity (Wildman–Crippen MR) is 126 cm³/mol. The summed E-state index contributed by atoms with van der Waals surface area (Å²) in [5.41, 5.74) is 13.9. The quantitative estimate of drug-likeness (QED) is 0.429. The number of fused-ring (bicyclic) bond motifs is 1. The molecule has 0 spiro atoms. The Bertz CT molecular complexity index is 1230. The number of hydrogen-bond donors (Lipinski definition) is 3. The molecule has 1 aliphatic rings. The first kappa shape index (κ1) is 19.4. The van der Waals surface area contributed by atoms with Crippen molar-refractivity contribution >= 4 is 33.9 Å². The molecule has 7 heteroatoms. The Morgan fingerprint density at radius 1 is 1.06 bits per heavy atom. The highest BCUT2D eigenvalue weighted by atomic mass is 16.5. The van der Waals surface area contributed by atoms with E-state index in [1.807, 2.05) is 31.3 Å². The van der Waals surface area contributed by atoms with E-state index in [1.54, 1.807) is 0 Å². The molecular formula is C24H26N6O. The fraction of sp³-hybridized carbons (Fsp3) is 0.250. The molecule has 0 amide bonds. The van der Waals surface area contributed by atoms with Crippen molar-refractivity contribution in [3.63, 3.8) is 0 Å². The number of aromatic amines is 1. The largest absolute Gasteiger partial charge is 0.399 e. The van der Waals surface area contributed by atoms with Crippen molar-refractivity contribution in [2.24, 2.45) is 0 Å². The Kier molecular flexibility index (Phi) is 4.95. The minimum absolute atomic E-state index is 0.573. The zero-order chi connectivity index (χ0) is 21.4. The van der Waals surface area contributed by atoms with Crippen LogP contribution in [0.3, 0.4) is 0 Å². The average molecular weight is 415 g/mol. The lowest BCUT2D eigenvalue weighted by Gasteiger charge is -2.28. The van der Waals surface area contributed by atoms with E-state index >= 15 is 0 Å². The first-order chi connectivity index (χ1) is 15.1. The molecule has 0 aliphatic carbocycles. The van der Waals surface area contributed by atoms with Crippen LogP contribution >= 0.6 is 0 Å². The van der Waals surface area contributed by atoms with E-state index in [4.69, 9.17) is 15.5 Å². The van der Waals surface area contributed by atoms with Gasteiger partial charge in [0, 0.05) is 58.5 Å². The van der Waals surface area contributed by atoms with Crippen LogP contribution in [-0.4, -0.2) is 41.3 Å². The maximum absolute atomic E-state index is 5.96. The van der Waals surface area contributed by atoms with E-state index in [9.17, 15) is 0 Å². The molecule has 2 aromatic carbocycles. The molecule has 0 radical (unpaired) electrons. The van der Waals surface area contributed by atoms with Gasteiger partial charge in [-0.1, -0.05) is 6.07 Å². The van der Waals surface area contributed by atoms with Gasteiger partial charge < -0.3 is 25.7 Å². The summed E-state index contributed by atoms with van der Waals surface area (Å²) in [5.74, 6) is 0.573. The molecule has 158 valence electrons. The number of nitrogens with one attached hydrogen (secondary N) is 2. The van der Waals surface area contributed by atoms with E-state index in [0.29, 0.717) is 5.95 Å². The summed E-state index contributed by atoms with van der Waals surface area (Å²) in [4.78, 5) is 15.1.